The van der Waals surface area contributed by atoms with Gasteiger partial charge in [0.15, 0.2) is 5.82 Å². The molecule has 0 saturated heterocycles. The first-order valence-corrected chi connectivity index (χ1v) is 6.31. The second-order valence-electron chi connectivity index (χ2n) is 4.25. The lowest BCUT2D eigenvalue weighted by Gasteiger charge is -2.06. The van der Waals surface area contributed by atoms with Crippen molar-refractivity contribution in [3.8, 4) is 0 Å². The largest absolute Gasteiger partial charge is 0.399 e. The Bertz CT molecular complexity index is 595. The van der Waals surface area contributed by atoms with Crippen LogP contribution in [0.3, 0.4) is 0 Å². The minimum Gasteiger partial charge on any atom is -0.399 e. The Kier molecular flexibility index (Phi) is 4.86. The Morgan fingerprint density at radius 1 is 1.19 bits per heavy atom. The van der Waals surface area contributed by atoms with Crippen molar-refractivity contribution < 1.29 is 14.1 Å². The smallest absolute Gasteiger partial charge is 0.251 e. The van der Waals surface area contributed by atoms with Crippen LogP contribution in [0.4, 0.5) is 5.69 Å². The minimum absolute atomic E-state index is 0.102. The second kappa shape index (κ2) is 7.04. The van der Waals surface area contributed by atoms with Crippen LogP contribution in [0.1, 0.15) is 16.2 Å². The summed E-state index contributed by atoms with van der Waals surface area (Å²) in [7, 11) is 0. The van der Waals surface area contributed by atoms with Gasteiger partial charge in [-0.3, -0.25) is 9.59 Å². The zero-order valence-corrected chi connectivity index (χ0v) is 11.2. The van der Waals surface area contributed by atoms with E-state index in [-0.39, 0.29) is 18.4 Å². The lowest BCUT2D eigenvalue weighted by Crippen LogP contribution is -2.37. The van der Waals surface area contributed by atoms with Crippen molar-refractivity contribution >= 4 is 17.5 Å². The molecule has 2 rings (SSSR count). The summed E-state index contributed by atoms with van der Waals surface area (Å²) in [5, 5.41) is 8.78. The number of benzene rings is 1. The SMILES string of the molecule is Nc1ccc(C(=O)NCC(=O)NCCc2ncon2)cc1. The molecule has 0 radical (unpaired) electrons. The van der Waals surface area contributed by atoms with E-state index in [1.807, 2.05) is 0 Å². The van der Waals surface area contributed by atoms with Gasteiger partial charge in [-0.1, -0.05) is 5.16 Å². The number of amides is 2. The third kappa shape index (κ3) is 4.60. The molecule has 0 bridgehead atoms. The van der Waals surface area contributed by atoms with Crippen molar-refractivity contribution in [2.24, 2.45) is 0 Å². The Balaban J connectivity index is 1.68. The minimum atomic E-state index is -0.330. The summed E-state index contributed by atoms with van der Waals surface area (Å²) in [4.78, 5) is 27.1. The molecule has 0 aliphatic heterocycles. The summed E-state index contributed by atoms with van der Waals surface area (Å²) in [5.74, 6) is -0.105. The topological polar surface area (TPSA) is 123 Å². The molecule has 0 unspecified atom stereocenters. The molecule has 110 valence electrons. The van der Waals surface area contributed by atoms with Crippen LogP contribution in [-0.2, 0) is 11.2 Å². The van der Waals surface area contributed by atoms with Crippen molar-refractivity contribution in [1.29, 1.82) is 0 Å². The van der Waals surface area contributed by atoms with Crippen LogP contribution in [0.25, 0.3) is 0 Å². The van der Waals surface area contributed by atoms with Crippen molar-refractivity contribution in [2.45, 2.75) is 6.42 Å². The van der Waals surface area contributed by atoms with E-state index in [1.54, 1.807) is 24.3 Å². The molecule has 0 atom stereocenters. The van der Waals surface area contributed by atoms with Crippen molar-refractivity contribution in [2.75, 3.05) is 18.8 Å². The van der Waals surface area contributed by atoms with Crippen LogP contribution in [0.2, 0.25) is 0 Å². The monoisotopic (exact) mass is 289 g/mol. The number of hydrogen-bond acceptors (Lipinski definition) is 6. The van der Waals surface area contributed by atoms with Gasteiger partial charge in [-0.25, -0.2) is 0 Å². The number of nitrogen functional groups attached to an aromatic ring is 1. The summed E-state index contributed by atoms with van der Waals surface area (Å²) in [6.45, 7) is 0.269. The highest BCUT2D eigenvalue weighted by atomic mass is 16.5. The first-order chi connectivity index (χ1) is 10.1. The Hall–Kier alpha value is -2.90. The molecule has 2 aromatic rings. The molecule has 4 N–H and O–H groups in total. The van der Waals surface area contributed by atoms with Crippen LogP contribution in [0.15, 0.2) is 35.2 Å². The number of nitrogens with one attached hydrogen (secondary N) is 2. The average molecular weight is 289 g/mol. The van der Waals surface area contributed by atoms with Crippen molar-refractivity contribution in [3.63, 3.8) is 0 Å². The predicted molar refractivity (Wildman–Crippen MR) is 74.2 cm³/mol. The van der Waals surface area contributed by atoms with Crippen molar-refractivity contribution in [3.05, 3.63) is 42.0 Å². The van der Waals surface area contributed by atoms with Gasteiger partial charge in [0.1, 0.15) is 0 Å². The Labute approximate surface area is 120 Å². The summed E-state index contributed by atoms with van der Waals surface area (Å²) in [5.41, 5.74) is 6.55. The van der Waals surface area contributed by atoms with Crippen LogP contribution < -0.4 is 16.4 Å². The number of carbonyl (C=O) groups is 2. The molecule has 0 spiro atoms. The van der Waals surface area contributed by atoms with E-state index in [2.05, 4.69) is 25.3 Å². The summed E-state index contributed by atoms with van der Waals surface area (Å²) < 4.78 is 4.57. The molecule has 2 amide bonds. The maximum absolute atomic E-state index is 11.8. The third-order valence-electron chi connectivity index (χ3n) is 2.66. The number of aromatic nitrogens is 2. The van der Waals surface area contributed by atoms with E-state index >= 15 is 0 Å². The van der Waals surface area contributed by atoms with Crippen LogP contribution in [-0.4, -0.2) is 35.0 Å². The zero-order chi connectivity index (χ0) is 15.1. The predicted octanol–water partition coefficient (Wildman–Crippen LogP) is -0.259. The molecule has 0 aliphatic carbocycles. The molecule has 8 heteroatoms. The molecular formula is C13H15N5O3. The van der Waals surface area contributed by atoms with Gasteiger partial charge in [-0.15, -0.1) is 0 Å². The molecular weight excluding hydrogens is 274 g/mol. The second-order valence-corrected chi connectivity index (χ2v) is 4.25. The quantitative estimate of drug-likeness (QED) is 0.630. The highest BCUT2D eigenvalue weighted by molar-refractivity contribution is 5.96. The van der Waals surface area contributed by atoms with Gasteiger partial charge in [0, 0.05) is 24.2 Å². The van der Waals surface area contributed by atoms with E-state index in [0.29, 0.717) is 30.0 Å². The van der Waals surface area contributed by atoms with Gasteiger partial charge in [-0.2, -0.15) is 4.98 Å². The fourth-order valence-electron chi connectivity index (χ4n) is 1.58. The fraction of sp³-hybridized carbons (Fsp3) is 0.231. The average Bonchev–Trinajstić information content (AvgIpc) is 2.99. The maximum atomic E-state index is 11.8. The molecule has 8 nitrogen and oxygen atoms in total. The lowest BCUT2D eigenvalue weighted by atomic mass is 10.2. The molecule has 0 fully saturated rings. The number of nitrogens with zero attached hydrogens (tertiary/aromatic N) is 2. The Morgan fingerprint density at radius 2 is 1.95 bits per heavy atom. The van der Waals surface area contributed by atoms with Gasteiger partial charge in [-0.05, 0) is 24.3 Å². The maximum Gasteiger partial charge on any atom is 0.251 e. The molecule has 1 aromatic carbocycles. The normalized spacial score (nSPS) is 10.1. The van der Waals surface area contributed by atoms with E-state index in [1.165, 1.54) is 6.39 Å². The molecule has 1 heterocycles. The number of anilines is 1. The van der Waals surface area contributed by atoms with Gasteiger partial charge in [0.25, 0.3) is 5.91 Å². The molecule has 1 aromatic heterocycles. The fourth-order valence-corrected chi connectivity index (χ4v) is 1.58. The number of rotatable bonds is 6. The highest BCUT2D eigenvalue weighted by Gasteiger charge is 2.08. The van der Waals surface area contributed by atoms with Gasteiger partial charge in [0.2, 0.25) is 12.3 Å². The number of carbonyl (C=O) groups excluding carboxylic acids is 2. The first-order valence-electron chi connectivity index (χ1n) is 6.31. The Morgan fingerprint density at radius 3 is 2.62 bits per heavy atom. The van der Waals surface area contributed by atoms with Gasteiger partial charge >= 0.3 is 0 Å². The summed E-state index contributed by atoms with van der Waals surface area (Å²) >= 11 is 0. The van der Waals surface area contributed by atoms with E-state index in [0.717, 1.165) is 0 Å². The van der Waals surface area contributed by atoms with E-state index in [9.17, 15) is 9.59 Å². The van der Waals surface area contributed by atoms with Crippen LogP contribution in [0.5, 0.6) is 0 Å². The zero-order valence-electron chi connectivity index (χ0n) is 11.2. The molecule has 0 aliphatic rings. The van der Waals surface area contributed by atoms with Crippen molar-refractivity contribution in [1.82, 2.24) is 20.8 Å². The highest BCUT2D eigenvalue weighted by Crippen LogP contribution is 2.04. The van der Waals surface area contributed by atoms with Crippen LogP contribution >= 0.6 is 0 Å². The number of nitrogens with two attached hydrogens (primary N) is 1. The summed E-state index contributed by atoms with van der Waals surface area (Å²) in [6, 6.07) is 6.44. The van der Waals surface area contributed by atoms with Crippen LogP contribution in [0, 0.1) is 0 Å². The first kappa shape index (κ1) is 14.5. The number of hydrogen-bond donors (Lipinski definition) is 3. The van der Waals surface area contributed by atoms with Gasteiger partial charge < -0.3 is 20.9 Å². The standard InChI is InChI=1S/C13H15N5O3/c14-10-3-1-9(2-4-10)13(20)16-7-12(19)15-6-5-11-17-8-21-18-11/h1-4,8H,5-7,14H2,(H,15,19)(H,16,20). The molecule has 0 saturated carbocycles. The molecule has 21 heavy (non-hydrogen) atoms. The third-order valence-corrected chi connectivity index (χ3v) is 2.66. The van der Waals surface area contributed by atoms with Gasteiger partial charge in [0.05, 0.1) is 6.54 Å². The van der Waals surface area contributed by atoms with E-state index < -0.39 is 0 Å². The summed E-state index contributed by atoms with van der Waals surface area (Å²) in [6.07, 6.45) is 1.69. The van der Waals surface area contributed by atoms with E-state index in [4.69, 9.17) is 5.73 Å². The lowest BCUT2D eigenvalue weighted by molar-refractivity contribution is -0.120.